The molecule has 0 unspecified atom stereocenters. The molecule has 3 rings (SSSR count). The van der Waals surface area contributed by atoms with Crippen molar-refractivity contribution in [1.29, 1.82) is 0 Å². The number of carbonyl (C=O) groups excluding carboxylic acids is 1. The Morgan fingerprint density at radius 1 is 1.38 bits per heavy atom. The van der Waals surface area contributed by atoms with Gasteiger partial charge in [0.1, 0.15) is 12.1 Å². The van der Waals surface area contributed by atoms with Gasteiger partial charge in [-0.25, -0.2) is 9.97 Å². The van der Waals surface area contributed by atoms with E-state index in [0.29, 0.717) is 18.4 Å². The molecule has 1 aliphatic heterocycles. The molecule has 1 aromatic heterocycles. The number of hydrogen-bond donors (Lipinski definition) is 2. The van der Waals surface area contributed by atoms with Crippen LogP contribution in [0.4, 0.5) is 5.82 Å². The molecular formula is C18H31Cl2N5O. The number of likely N-dealkylation sites (tertiary alicyclic amines) is 1. The highest BCUT2D eigenvalue weighted by Gasteiger charge is 2.50. The van der Waals surface area contributed by atoms with Crippen molar-refractivity contribution in [1.82, 2.24) is 14.9 Å². The summed E-state index contributed by atoms with van der Waals surface area (Å²) in [5.41, 5.74) is 6.68. The lowest BCUT2D eigenvalue weighted by Crippen LogP contribution is -2.45. The van der Waals surface area contributed by atoms with Gasteiger partial charge in [-0.05, 0) is 25.2 Å². The molecule has 2 aliphatic rings. The van der Waals surface area contributed by atoms with Crippen molar-refractivity contribution in [3.8, 4) is 0 Å². The van der Waals surface area contributed by atoms with E-state index >= 15 is 0 Å². The number of aryl methyl sites for hydroxylation is 1. The molecule has 2 atom stereocenters. The van der Waals surface area contributed by atoms with Gasteiger partial charge >= 0.3 is 0 Å². The van der Waals surface area contributed by atoms with Gasteiger partial charge in [0, 0.05) is 36.8 Å². The highest BCUT2D eigenvalue weighted by Crippen LogP contribution is 2.37. The summed E-state index contributed by atoms with van der Waals surface area (Å²) in [7, 11) is 0. The molecule has 1 saturated carbocycles. The molecule has 1 saturated heterocycles. The normalized spacial score (nSPS) is 23.2. The molecule has 0 bridgehead atoms. The lowest BCUT2D eigenvalue weighted by Gasteiger charge is -2.24. The quantitative estimate of drug-likeness (QED) is 0.762. The first kappa shape index (κ1) is 22.9. The minimum atomic E-state index is -0.585. The maximum atomic E-state index is 12.6. The summed E-state index contributed by atoms with van der Waals surface area (Å²) in [5.74, 6) is 1.92. The number of hydrogen-bond acceptors (Lipinski definition) is 5. The Hall–Kier alpha value is -1.11. The molecule has 8 heteroatoms. The zero-order valence-electron chi connectivity index (χ0n) is 15.8. The van der Waals surface area contributed by atoms with Crippen LogP contribution in [-0.4, -0.2) is 45.4 Å². The second kappa shape index (κ2) is 9.20. The van der Waals surface area contributed by atoms with Crippen LogP contribution in [0.25, 0.3) is 0 Å². The Balaban J connectivity index is 0.00000169. The number of anilines is 1. The van der Waals surface area contributed by atoms with Gasteiger partial charge in [0.05, 0.1) is 5.54 Å². The summed E-state index contributed by atoms with van der Waals surface area (Å²) in [4.78, 5) is 23.1. The van der Waals surface area contributed by atoms with Gasteiger partial charge in [-0.1, -0.05) is 27.2 Å². The van der Waals surface area contributed by atoms with Crippen molar-refractivity contribution in [3.63, 3.8) is 0 Å². The van der Waals surface area contributed by atoms with E-state index in [9.17, 15) is 4.79 Å². The first-order chi connectivity index (χ1) is 11.4. The van der Waals surface area contributed by atoms with Crippen LogP contribution >= 0.6 is 24.8 Å². The second-order valence-electron chi connectivity index (χ2n) is 7.67. The number of halogens is 2. The van der Waals surface area contributed by atoms with Gasteiger partial charge in [-0.15, -0.1) is 24.8 Å². The summed E-state index contributed by atoms with van der Waals surface area (Å²) < 4.78 is 0. The first-order valence-corrected chi connectivity index (χ1v) is 9.08. The summed E-state index contributed by atoms with van der Waals surface area (Å²) >= 11 is 0. The van der Waals surface area contributed by atoms with E-state index in [2.05, 4.69) is 36.1 Å². The van der Waals surface area contributed by atoms with Crippen molar-refractivity contribution >= 4 is 36.5 Å². The minimum Gasteiger partial charge on any atom is -0.365 e. The fourth-order valence-corrected chi connectivity index (χ4v) is 3.60. The average Bonchev–Trinajstić information content (AvgIpc) is 3.16. The average molecular weight is 404 g/mol. The molecule has 6 nitrogen and oxygen atoms in total. The molecule has 2 fully saturated rings. The third-order valence-corrected chi connectivity index (χ3v) is 5.35. The number of nitrogens with one attached hydrogen (secondary N) is 1. The zero-order valence-corrected chi connectivity index (χ0v) is 17.4. The van der Waals surface area contributed by atoms with E-state index in [4.69, 9.17) is 5.73 Å². The van der Waals surface area contributed by atoms with Crippen molar-refractivity contribution in [2.75, 3.05) is 18.4 Å². The van der Waals surface area contributed by atoms with Gasteiger partial charge in [-0.2, -0.15) is 0 Å². The van der Waals surface area contributed by atoms with Crippen molar-refractivity contribution in [3.05, 3.63) is 18.1 Å². The fourth-order valence-electron chi connectivity index (χ4n) is 3.60. The molecule has 1 aromatic rings. The summed E-state index contributed by atoms with van der Waals surface area (Å²) in [6.45, 7) is 8.07. The molecule has 26 heavy (non-hydrogen) atoms. The van der Waals surface area contributed by atoms with E-state index in [1.165, 1.54) is 0 Å². The molecule has 148 valence electrons. The molecule has 0 spiro atoms. The van der Waals surface area contributed by atoms with E-state index in [0.717, 1.165) is 43.6 Å². The smallest absolute Gasteiger partial charge is 0.242 e. The molecule has 1 aliphatic carbocycles. The van der Waals surface area contributed by atoms with Crippen LogP contribution in [0.1, 0.15) is 45.6 Å². The Morgan fingerprint density at radius 3 is 2.65 bits per heavy atom. The van der Waals surface area contributed by atoms with Gasteiger partial charge in [0.15, 0.2) is 0 Å². The van der Waals surface area contributed by atoms with E-state index in [1.807, 2.05) is 11.1 Å². The summed E-state index contributed by atoms with van der Waals surface area (Å²) in [6.07, 6.45) is 7.12. The lowest BCUT2D eigenvalue weighted by atomic mass is 9.91. The van der Waals surface area contributed by atoms with Gasteiger partial charge in [-0.3, -0.25) is 4.79 Å². The maximum absolute atomic E-state index is 12.6. The van der Waals surface area contributed by atoms with Crippen LogP contribution in [0, 0.1) is 11.8 Å². The molecular weight excluding hydrogens is 373 g/mol. The zero-order chi connectivity index (χ0) is 17.3. The number of nitrogens with two attached hydrogens (primary N) is 1. The van der Waals surface area contributed by atoms with E-state index in [1.54, 1.807) is 6.33 Å². The summed E-state index contributed by atoms with van der Waals surface area (Å²) in [5, 5.41) is 3.60. The molecule has 1 amide bonds. The van der Waals surface area contributed by atoms with E-state index in [-0.39, 0.29) is 36.8 Å². The van der Waals surface area contributed by atoms with Crippen molar-refractivity contribution in [2.24, 2.45) is 17.6 Å². The largest absolute Gasteiger partial charge is 0.365 e. The van der Waals surface area contributed by atoms with Gasteiger partial charge in [0.2, 0.25) is 5.91 Å². The predicted molar refractivity (Wildman–Crippen MR) is 109 cm³/mol. The minimum absolute atomic E-state index is 0. The Kier molecular flexibility index (Phi) is 8.11. The summed E-state index contributed by atoms with van der Waals surface area (Å²) in [6, 6.07) is 0.210. The molecule has 0 radical (unpaired) electrons. The number of rotatable bonds is 6. The molecule has 2 heterocycles. The Bertz CT molecular complexity index is 609. The van der Waals surface area contributed by atoms with Crippen LogP contribution in [-0.2, 0) is 11.2 Å². The number of carbonyl (C=O) groups is 1. The SMILES string of the molecule is CCCc1cncnc1N[C@H]1CN(C(=O)C2(N)CC2)C[C@@H]1C(C)C.Cl.Cl. The highest BCUT2D eigenvalue weighted by atomic mass is 35.5. The number of aromatic nitrogens is 2. The van der Waals surface area contributed by atoms with Crippen LogP contribution in [0.3, 0.4) is 0 Å². The monoisotopic (exact) mass is 403 g/mol. The van der Waals surface area contributed by atoms with Crippen LogP contribution < -0.4 is 11.1 Å². The van der Waals surface area contributed by atoms with Crippen molar-refractivity contribution < 1.29 is 4.79 Å². The predicted octanol–water partition coefficient (Wildman–Crippen LogP) is 2.66. The van der Waals surface area contributed by atoms with Gasteiger partial charge < -0.3 is 16.0 Å². The lowest BCUT2D eigenvalue weighted by molar-refractivity contribution is -0.132. The maximum Gasteiger partial charge on any atom is 0.242 e. The van der Waals surface area contributed by atoms with Gasteiger partial charge in [0.25, 0.3) is 0 Å². The molecule has 3 N–H and O–H groups in total. The topological polar surface area (TPSA) is 84.1 Å². The standard InChI is InChI=1S/C18H29N5O.2ClH/c1-4-5-13-8-20-11-21-16(13)22-15-10-23(9-14(15)12(2)3)17(24)18(19)6-7-18;;/h8,11-12,14-15H,4-7,9-10,19H2,1-3H3,(H,20,21,22);2*1H/t14-,15+;;/m1../s1. The number of amides is 1. The Morgan fingerprint density at radius 2 is 2.08 bits per heavy atom. The third-order valence-electron chi connectivity index (χ3n) is 5.35. The second-order valence-corrected chi connectivity index (χ2v) is 7.67. The van der Waals surface area contributed by atoms with Crippen LogP contribution in [0.2, 0.25) is 0 Å². The molecule has 0 aromatic carbocycles. The fraction of sp³-hybridized carbons (Fsp3) is 0.722. The highest BCUT2D eigenvalue weighted by molar-refractivity contribution is 5.89. The van der Waals surface area contributed by atoms with Crippen molar-refractivity contribution in [2.45, 2.75) is 58.0 Å². The number of nitrogens with zero attached hydrogens (tertiary/aromatic N) is 3. The third kappa shape index (κ3) is 4.78. The van der Waals surface area contributed by atoms with Crippen LogP contribution in [0.15, 0.2) is 12.5 Å². The Labute approximate surface area is 168 Å². The van der Waals surface area contributed by atoms with E-state index < -0.39 is 5.54 Å². The first-order valence-electron chi connectivity index (χ1n) is 9.08. The van der Waals surface area contributed by atoms with Crippen LogP contribution in [0.5, 0.6) is 0 Å².